The molecule has 3 rings (SSSR count). The van der Waals surface area contributed by atoms with Crippen LogP contribution in [0.4, 0.5) is 0 Å². The van der Waals surface area contributed by atoms with Crippen molar-refractivity contribution < 1.29 is 4.79 Å². The summed E-state index contributed by atoms with van der Waals surface area (Å²) in [7, 11) is 0. The minimum atomic E-state index is -0.202. The fourth-order valence-corrected chi connectivity index (χ4v) is 3.07. The molecule has 0 bridgehead atoms. The van der Waals surface area contributed by atoms with Crippen LogP contribution in [-0.4, -0.2) is 12.3 Å². The van der Waals surface area contributed by atoms with Gasteiger partial charge >= 0.3 is 0 Å². The molecule has 2 heteroatoms. The predicted molar refractivity (Wildman–Crippen MR) is 85.7 cm³/mol. The summed E-state index contributed by atoms with van der Waals surface area (Å²) in [5.74, 6) is 0.181. The van der Waals surface area contributed by atoms with Gasteiger partial charge in [0.25, 0.3) is 0 Å². The molecule has 0 fully saturated rings. The fourth-order valence-electron chi connectivity index (χ4n) is 3.07. The molecule has 1 aliphatic rings. The van der Waals surface area contributed by atoms with Crippen molar-refractivity contribution in [3.05, 3.63) is 70.8 Å². The third-order valence-electron chi connectivity index (χ3n) is 4.12. The summed E-state index contributed by atoms with van der Waals surface area (Å²) in [6.07, 6.45) is 3.12. The van der Waals surface area contributed by atoms with E-state index < -0.39 is 0 Å². The minimum Gasteiger partial charge on any atom is -0.303 e. The lowest BCUT2D eigenvalue weighted by atomic mass is 9.89. The fraction of sp³-hybridized carbons (Fsp3) is 0.316. The van der Waals surface area contributed by atoms with Gasteiger partial charge in [-0.1, -0.05) is 55.8 Å². The van der Waals surface area contributed by atoms with Crippen LogP contribution >= 0.6 is 0 Å². The number of nitrogens with one attached hydrogen (secondary N) is 1. The van der Waals surface area contributed by atoms with Gasteiger partial charge in [0, 0.05) is 12.1 Å². The number of ketones is 1. The SMILES string of the molecule is CCCc1cccc(C(=O)C2NCCc3ccccc32)c1. The van der Waals surface area contributed by atoms with E-state index in [1.54, 1.807) is 0 Å². The number of carbonyl (C=O) groups is 1. The molecular formula is C19H21NO. The first-order valence-corrected chi connectivity index (χ1v) is 7.74. The van der Waals surface area contributed by atoms with Crippen molar-refractivity contribution in [1.82, 2.24) is 5.32 Å². The summed E-state index contributed by atoms with van der Waals surface area (Å²) >= 11 is 0. The molecule has 0 saturated heterocycles. The Morgan fingerprint density at radius 1 is 1.19 bits per heavy atom. The molecule has 2 aromatic rings. The molecule has 0 aliphatic carbocycles. The highest BCUT2D eigenvalue weighted by atomic mass is 16.1. The maximum atomic E-state index is 12.9. The molecule has 1 atom stereocenters. The summed E-state index contributed by atoms with van der Waals surface area (Å²) in [5, 5.41) is 3.38. The molecule has 1 N–H and O–H groups in total. The number of carbonyl (C=O) groups excluding carboxylic acids is 1. The second-order valence-corrected chi connectivity index (χ2v) is 5.65. The quantitative estimate of drug-likeness (QED) is 0.864. The van der Waals surface area contributed by atoms with Crippen molar-refractivity contribution in [2.24, 2.45) is 0 Å². The minimum absolute atomic E-state index is 0.181. The smallest absolute Gasteiger partial charge is 0.184 e. The van der Waals surface area contributed by atoms with E-state index >= 15 is 0 Å². The normalized spacial score (nSPS) is 17.3. The first-order chi connectivity index (χ1) is 10.3. The molecule has 2 aromatic carbocycles. The molecule has 0 aromatic heterocycles. The summed E-state index contributed by atoms with van der Waals surface area (Å²) in [5.41, 5.74) is 4.48. The van der Waals surface area contributed by atoms with Gasteiger partial charge in [0.1, 0.15) is 0 Å². The summed E-state index contributed by atoms with van der Waals surface area (Å²) in [4.78, 5) is 12.9. The molecule has 0 spiro atoms. The predicted octanol–water partition coefficient (Wildman–Crippen LogP) is 3.71. The van der Waals surface area contributed by atoms with Crippen molar-refractivity contribution >= 4 is 5.78 Å². The van der Waals surface area contributed by atoms with Crippen LogP contribution < -0.4 is 5.32 Å². The zero-order valence-corrected chi connectivity index (χ0v) is 12.4. The van der Waals surface area contributed by atoms with E-state index in [0.717, 1.165) is 36.9 Å². The Balaban J connectivity index is 1.91. The Kier molecular flexibility index (Phi) is 4.16. The summed E-state index contributed by atoms with van der Waals surface area (Å²) in [6, 6.07) is 16.1. The summed E-state index contributed by atoms with van der Waals surface area (Å²) in [6.45, 7) is 3.02. The Morgan fingerprint density at radius 3 is 2.90 bits per heavy atom. The standard InChI is InChI=1S/C19H21NO/c1-2-6-14-7-5-9-16(13-14)19(21)18-17-10-4-3-8-15(17)11-12-20-18/h3-5,7-10,13,18,20H,2,6,11-12H2,1H3. The van der Waals surface area contributed by atoms with Crippen LogP contribution in [0.5, 0.6) is 0 Å². The van der Waals surface area contributed by atoms with Gasteiger partial charge in [-0.3, -0.25) is 4.79 Å². The zero-order chi connectivity index (χ0) is 14.7. The lowest BCUT2D eigenvalue weighted by Gasteiger charge is -2.26. The van der Waals surface area contributed by atoms with E-state index in [1.807, 2.05) is 30.3 Å². The van der Waals surface area contributed by atoms with Gasteiger partial charge in [0.05, 0.1) is 6.04 Å². The molecule has 108 valence electrons. The van der Waals surface area contributed by atoms with Gasteiger partial charge in [-0.15, -0.1) is 0 Å². The first-order valence-electron chi connectivity index (χ1n) is 7.74. The number of rotatable bonds is 4. The van der Waals surface area contributed by atoms with Crippen LogP contribution in [0.2, 0.25) is 0 Å². The van der Waals surface area contributed by atoms with Gasteiger partial charge in [0.15, 0.2) is 5.78 Å². The van der Waals surface area contributed by atoms with Crippen LogP contribution in [0.25, 0.3) is 0 Å². The topological polar surface area (TPSA) is 29.1 Å². The third-order valence-corrected chi connectivity index (χ3v) is 4.12. The van der Waals surface area contributed by atoms with Crippen molar-refractivity contribution in [2.45, 2.75) is 32.2 Å². The number of fused-ring (bicyclic) bond motifs is 1. The molecular weight excluding hydrogens is 258 g/mol. The van der Waals surface area contributed by atoms with Crippen LogP contribution in [0, 0.1) is 0 Å². The highest BCUT2D eigenvalue weighted by molar-refractivity contribution is 6.01. The highest BCUT2D eigenvalue weighted by Crippen LogP contribution is 2.26. The highest BCUT2D eigenvalue weighted by Gasteiger charge is 2.26. The van der Waals surface area contributed by atoms with E-state index in [0.29, 0.717) is 0 Å². The van der Waals surface area contributed by atoms with Crippen LogP contribution in [0.1, 0.15) is 46.4 Å². The maximum Gasteiger partial charge on any atom is 0.184 e. The number of hydrogen-bond acceptors (Lipinski definition) is 2. The van der Waals surface area contributed by atoms with Gasteiger partial charge in [-0.2, -0.15) is 0 Å². The monoisotopic (exact) mass is 279 g/mol. The maximum absolute atomic E-state index is 12.9. The van der Waals surface area contributed by atoms with E-state index in [9.17, 15) is 4.79 Å². The number of Topliss-reactive ketones (excluding diaryl/α,β-unsaturated/α-hetero) is 1. The van der Waals surface area contributed by atoms with Gasteiger partial charge in [0.2, 0.25) is 0 Å². The molecule has 0 saturated carbocycles. The van der Waals surface area contributed by atoms with Crippen molar-refractivity contribution in [3.8, 4) is 0 Å². The first kappa shape index (κ1) is 14.0. The van der Waals surface area contributed by atoms with Crippen molar-refractivity contribution in [3.63, 3.8) is 0 Å². The van der Waals surface area contributed by atoms with Crippen LogP contribution in [-0.2, 0) is 12.8 Å². The Hall–Kier alpha value is -1.93. The number of aryl methyl sites for hydroxylation is 1. The lowest BCUT2D eigenvalue weighted by Crippen LogP contribution is -2.35. The zero-order valence-electron chi connectivity index (χ0n) is 12.4. The molecule has 1 aliphatic heterocycles. The molecule has 21 heavy (non-hydrogen) atoms. The van der Waals surface area contributed by atoms with E-state index in [1.165, 1.54) is 11.1 Å². The average Bonchev–Trinajstić information content (AvgIpc) is 2.54. The third kappa shape index (κ3) is 2.91. The van der Waals surface area contributed by atoms with E-state index in [-0.39, 0.29) is 11.8 Å². The second kappa shape index (κ2) is 6.23. The number of benzene rings is 2. The molecule has 0 radical (unpaired) electrons. The average molecular weight is 279 g/mol. The second-order valence-electron chi connectivity index (χ2n) is 5.65. The Labute approximate surface area is 126 Å². The van der Waals surface area contributed by atoms with E-state index in [2.05, 4.69) is 30.4 Å². The largest absolute Gasteiger partial charge is 0.303 e. The number of hydrogen-bond donors (Lipinski definition) is 1. The Morgan fingerprint density at radius 2 is 2.05 bits per heavy atom. The van der Waals surface area contributed by atoms with Crippen molar-refractivity contribution in [2.75, 3.05) is 6.54 Å². The molecule has 0 amide bonds. The van der Waals surface area contributed by atoms with E-state index in [4.69, 9.17) is 0 Å². The molecule has 2 nitrogen and oxygen atoms in total. The lowest BCUT2D eigenvalue weighted by molar-refractivity contribution is 0.0939. The molecule has 1 unspecified atom stereocenters. The summed E-state index contributed by atoms with van der Waals surface area (Å²) < 4.78 is 0. The van der Waals surface area contributed by atoms with Gasteiger partial charge < -0.3 is 5.32 Å². The van der Waals surface area contributed by atoms with Gasteiger partial charge in [-0.25, -0.2) is 0 Å². The van der Waals surface area contributed by atoms with Crippen LogP contribution in [0.3, 0.4) is 0 Å². The Bertz CT molecular complexity index is 648. The van der Waals surface area contributed by atoms with Crippen molar-refractivity contribution in [1.29, 1.82) is 0 Å². The van der Waals surface area contributed by atoms with Crippen LogP contribution in [0.15, 0.2) is 48.5 Å². The van der Waals surface area contributed by atoms with Gasteiger partial charge in [-0.05, 0) is 35.6 Å². The molecule has 1 heterocycles.